The van der Waals surface area contributed by atoms with Crippen LogP contribution in [0.1, 0.15) is 25.3 Å². The molecule has 0 atom stereocenters. The molecule has 6 heteroatoms. The minimum absolute atomic E-state index is 0.253. The normalized spacial score (nSPS) is 14.7. The smallest absolute Gasteiger partial charge is 0.248 e. The van der Waals surface area contributed by atoms with Gasteiger partial charge in [-0.1, -0.05) is 31.2 Å². The first kappa shape index (κ1) is 20.7. The van der Waals surface area contributed by atoms with Crippen LogP contribution in [0.5, 0.6) is 0 Å². The Morgan fingerprint density at radius 3 is 2.35 bits per heavy atom. The predicted molar refractivity (Wildman–Crippen MR) is 122 cm³/mol. The molecule has 1 amide bonds. The third-order valence-electron chi connectivity index (χ3n) is 5.50. The maximum atomic E-state index is 12.9. The van der Waals surface area contributed by atoms with Gasteiger partial charge in [0, 0.05) is 30.4 Å². The van der Waals surface area contributed by atoms with Crippen LogP contribution in [-0.4, -0.2) is 29.2 Å². The van der Waals surface area contributed by atoms with Gasteiger partial charge in [0.2, 0.25) is 5.91 Å². The van der Waals surface area contributed by atoms with E-state index in [-0.39, 0.29) is 11.7 Å². The van der Waals surface area contributed by atoms with Crippen LogP contribution in [0.15, 0.2) is 66.7 Å². The molecule has 2 heterocycles. The number of nitrogens with one attached hydrogen (secondary N) is 1. The lowest BCUT2D eigenvalue weighted by atomic mass is 9.99. The van der Waals surface area contributed by atoms with E-state index in [4.69, 9.17) is 0 Å². The molecule has 0 saturated carbocycles. The van der Waals surface area contributed by atoms with E-state index in [1.807, 2.05) is 36.4 Å². The van der Waals surface area contributed by atoms with E-state index in [0.29, 0.717) is 5.69 Å². The van der Waals surface area contributed by atoms with Gasteiger partial charge in [0.15, 0.2) is 5.82 Å². The standard InChI is InChI=1S/C25H25FN4O/c1-18-14-16-30(17-15-18)24-12-11-23(28-29-24)20-5-9-22(10-6-20)27-25(31)13-4-19-2-7-21(26)8-3-19/h2-13,18H,14-17H2,1H3,(H,27,31)/b13-4+. The van der Waals surface area contributed by atoms with Gasteiger partial charge in [-0.25, -0.2) is 4.39 Å². The highest BCUT2D eigenvalue weighted by Gasteiger charge is 2.17. The van der Waals surface area contributed by atoms with E-state index >= 15 is 0 Å². The molecule has 1 aliphatic heterocycles. The average Bonchev–Trinajstić information content (AvgIpc) is 2.80. The molecular weight excluding hydrogens is 391 g/mol. The SMILES string of the molecule is CC1CCN(c2ccc(-c3ccc(NC(=O)/C=C/c4ccc(F)cc4)cc3)nn2)CC1. The van der Waals surface area contributed by atoms with Gasteiger partial charge in [0.05, 0.1) is 5.69 Å². The Balaban J connectivity index is 1.35. The number of rotatable bonds is 5. The fourth-order valence-corrected chi connectivity index (χ4v) is 3.54. The van der Waals surface area contributed by atoms with Crippen molar-refractivity contribution in [3.8, 4) is 11.3 Å². The fourth-order valence-electron chi connectivity index (χ4n) is 3.54. The van der Waals surface area contributed by atoms with Gasteiger partial charge in [-0.05, 0) is 66.8 Å². The number of nitrogens with zero attached hydrogens (tertiary/aromatic N) is 3. The fraction of sp³-hybridized carbons (Fsp3) is 0.240. The van der Waals surface area contributed by atoms with Gasteiger partial charge in [-0.2, -0.15) is 0 Å². The summed E-state index contributed by atoms with van der Waals surface area (Å²) in [5, 5.41) is 11.6. The van der Waals surface area contributed by atoms with E-state index in [1.165, 1.54) is 31.1 Å². The number of aromatic nitrogens is 2. The number of anilines is 2. The predicted octanol–water partition coefficient (Wildman–Crippen LogP) is 5.17. The summed E-state index contributed by atoms with van der Waals surface area (Å²) in [5.41, 5.74) is 3.17. The molecule has 0 radical (unpaired) electrons. The molecule has 1 fully saturated rings. The molecule has 1 aliphatic rings. The Hall–Kier alpha value is -3.54. The summed E-state index contributed by atoms with van der Waals surface area (Å²) in [6.45, 7) is 4.35. The number of benzene rings is 2. The quantitative estimate of drug-likeness (QED) is 0.583. The Morgan fingerprint density at radius 2 is 1.71 bits per heavy atom. The first-order valence-electron chi connectivity index (χ1n) is 10.5. The van der Waals surface area contributed by atoms with Crippen LogP contribution in [0.3, 0.4) is 0 Å². The van der Waals surface area contributed by atoms with Crippen molar-refractivity contribution in [3.63, 3.8) is 0 Å². The van der Waals surface area contributed by atoms with E-state index in [1.54, 1.807) is 18.2 Å². The molecule has 0 spiro atoms. The minimum atomic E-state index is -0.304. The molecule has 5 nitrogen and oxygen atoms in total. The number of halogens is 1. The van der Waals surface area contributed by atoms with Crippen LogP contribution < -0.4 is 10.2 Å². The summed E-state index contributed by atoms with van der Waals surface area (Å²) in [6.07, 6.45) is 5.45. The number of hydrogen-bond donors (Lipinski definition) is 1. The molecule has 158 valence electrons. The number of hydrogen-bond acceptors (Lipinski definition) is 4. The van der Waals surface area contributed by atoms with Gasteiger partial charge in [0.1, 0.15) is 5.82 Å². The second-order valence-corrected chi connectivity index (χ2v) is 7.90. The van der Waals surface area contributed by atoms with E-state index in [0.717, 1.165) is 41.6 Å². The molecule has 1 N–H and O–H groups in total. The Bertz CT molecular complexity index is 1040. The van der Waals surface area contributed by atoms with Crippen molar-refractivity contribution in [1.82, 2.24) is 10.2 Å². The van der Waals surface area contributed by atoms with Crippen LogP contribution in [0.25, 0.3) is 17.3 Å². The Morgan fingerprint density at radius 1 is 1.00 bits per heavy atom. The largest absolute Gasteiger partial charge is 0.355 e. The van der Waals surface area contributed by atoms with Crippen molar-refractivity contribution in [2.45, 2.75) is 19.8 Å². The Labute approximate surface area is 181 Å². The summed E-state index contributed by atoms with van der Waals surface area (Å²) in [6, 6.07) is 17.4. The lowest BCUT2D eigenvalue weighted by molar-refractivity contribution is -0.111. The van der Waals surface area contributed by atoms with Crippen molar-refractivity contribution < 1.29 is 9.18 Å². The zero-order valence-corrected chi connectivity index (χ0v) is 17.5. The third kappa shape index (κ3) is 5.54. The number of amides is 1. The van der Waals surface area contributed by atoms with Gasteiger partial charge in [-0.15, -0.1) is 10.2 Å². The zero-order chi connectivity index (χ0) is 21.6. The first-order chi connectivity index (χ1) is 15.1. The second kappa shape index (κ2) is 9.51. The van der Waals surface area contributed by atoms with Crippen LogP contribution in [-0.2, 0) is 4.79 Å². The van der Waals surface area contributed by atoms with Crippen LogP contribution in [0.4, 0.5) is 15.9 Å². The van der Waals surface area contributed by atoms with Gasteiger partial charge >= 0.3 is 0 Å². The summed E-state index contributed by atoms with van der Waals surface area (Å²) in [4.78, 5) is 14.4. The monoisotopic (exact) mass is 416 g/mol. The number of carbonyl (C=O) groups is 1. The Kier molecular flexibility index (Phi) is 6.36. The zero-order valence-electron chi connectivity index (χ0n) is 17.5. The number of carbonyl (C=O) groups excluding carboxylic acids is 1. The highest BCUT2D eigenvalue weighted by atomic mass is 19.1. The maximum Gasteiger partial charge on any atom is 0.248 e. The molecule has 1 aromatic heterocycles. The lowest BCUT2D eigenvalue weighted by Gasteiger charge is -2.30. The van der Waals surface area contributed by atoms with E-state index in [2.05, 4.69) is 27.3 Å². The van der Waals surface area contributed by atoms with Gasteiger partial charge in [-0.3, -0.25) is 4.79 Å². The molecule has 0 bridgehead atoms. The van der Waals surface area contributed by atoms with Crippen LogP contribution in [0, 0.1) is 11.7 Å². The summed E-state index contributed by atoms with van der Waals surface area (Å²) < 4.78 is 12.9. The van der Waals surface area contributed by atoms with Crippen molar-refractivity contribution in [1.29, 1.82) is 0 Å². The molecule has 4 rings (SSSR count). The van der Waals surface area contributed by atoms with Gasteiger partial charge in [0.25, 0.3) is 0 Å². The highest BCUT2D eigenvalue weighted by Crippen LogP contribution is 2.24. The first-order valence-corrected chi connectivity index (χ1v) is 10.5. The number of piperidine rings is 1. The lowest BCUT2D eigenvalue weighted by Crippen LogP contribution is -2.33. The average molecular weight is 417 g/mol. The van der Waals surface area contributed by atoms with Crippen molar-refractivity contribution in [2.24, 2.45) is 5.92 Å². The van der Waals surface area contributed by atoms with Crippen LogP contribution in [0.2, 0.25) is 0 Å². The van der Waals surface area contributed by atoms with Crippen molar-refractivity contribution >= 4 is 23.5 Å². The van der Waals surface area contributed by atoms with E-state index in [9.17, 15) is 9.18 Å². The highest BCUT2D eigenvalue weighted by molar-refractivity contribution is 6.02. The topological polar surface area (TPSA) is 58.1 Å². The molecule has 0 unspecified atom stereocenters. The second-order valence-electron chi connectivity index (χ2n) is 7.90. The van der Waals surface area contributed by atoms with Crippen molar-refractivity contribution in [3.05, 3.63) is 78.1 Å². The molecule has 31 heavy (non-hydrogen) atoms. The minimum Gasteiger partial charge on any atom is -0.355 e. The summed E-state index contributed by atoms with van der Waals surface area (Å²) in [5.74, 6) is 1.15. The van der Waals surface area contributed by atoms with Gasteiger partial charge < -0.3 is 10.2 Å². The summed E-state index contributed by atoms with van der Waals surface area (Å²) in [7, 11) is 0. The van der Waals surface area contributed by atoms with Crippen molar-refractivity contribution in [2.75, 3.05) is 23.3 Å². The van der Waals surface area contributed by atoms with E-state index < -0.39 is 0 Å². The molecule has 1 saturated heterocycles. The van der Waals surface area contributed by atoms with Crippen LogP contribution >= 0.6 is 0 Å². The molecule has 2 aromatic carbocycles. The third-order valence-corrected chi connectivity index (χ3v) is 5.50. The maximum absolute atomic E-state index is 12.9. The molecule has 3 aromatic rings. The summed E-state index contributed by atoms with van der Waals surface area (Å²) >= 11 is 0. The molecular formula is C25H25FN4O. The molecule has 0 aliphatic carbocycles.